The van der Waals surface area contributed by atoms with E-state index in [-0.39, 0.29) is 5.60 Å². The average Bonchev–Trinajstić information content (AvgIpc) is 2.39. The zero-order chi connectivity index (χ0) is 6.32. The summed E-state index contributed by atoms with van der Waals surface area (Å²) in [5.74, 6) is 0.775. The van der Waals surface area contributed by atoms with Crippen LogP contribution in [0.25, 0.3) is 0 Å². The van der Waals surface area contributed by atoms with E-state index >= 15 is 0 Å². The fourth-order valence-electron chi connectivity index (χ4n) is 1.38. The van der Waals surface area contributed by atoms with Crippen LogP contribution in [0.1, 0.15) is 19.3 Å². The van der Waals surface area contributed by atoms with E-state index in [0.29, 0.717) is 0 Å². The van der Waals surface area contributed by atoms with Gasteiger partial charge in [0, 0.05) is 0 Å². The molecule has 2 heteroatoms. The summed E-state index contributed by atoms with van der Waals surface area (Å²) >= 11 is 0. The van der Waals surface area contributed by atoms with Crippen molar-refractivity contribution in [2.45, 2.75) is 24.9 Å². The molecular formula is C7H13NO. The summed E-state index contributed by atoms with van der Waals surface area (Å²) in [5.41, 5.74) is -0.216. The van der Waals surface area contributed by atoms with Crippen LogP contribution in [0, 0.1) is 5.92 Å². The van der Waals surface area contributed by atoms with Crippen molar-refractivity contribution in [3.8, 4) is 0 Å². The molecule has 1 aliphatic heterocycles. The molecule has 0 aromatic heterocycles. The van der Waals surface area contributed by atoms with Crippen LogP contribution in [0.15, 0.2) is 0 Å². The minimum atomic E-state index is -0.216. The maximum absolute atomic E-state index is 9.44. The van der Waals surface area contributed by atoms with Crippen LogP contribution in [0.2, 0.25) is 0 Å². The van der Waals surface area contributed by atoms with Gasteiger partial charge in [-0.15, -0.1) is 0 Å². The van der Waals surface area contributed by atoms with Crippen molar-refractivity contribution in [3.05, 3.63) is 0 Å². The molecule has 1 aliphatic carbocycles. The Labute approximate surface area is 55.3 Å². The van der Waals surface area contributed by atoms with Crippen LogP contribution < -0.4 is 5.32 Å². The van der Waals surface area contributed by atoms with Crippen molar-refractivity contribution in [2.75, 3.05) is 13.1 Å². The Morgan fingerprint density at radius 3 is 2.44 bits per heavy atom. The van der Waals surface area contributed by atoms with E-state index in [1.165, 1.54) is 0 Å². The smallest absolute Gasteiger partial charge is 0.0653 e. The van der Waals surface area contributed by atoms with Crippen molar-refractivity contribution >= 4 is 0 Å². The Kier molecular flexibility index (Phi) is 1.08. The number of nitrogens with one attached hydrogen (secondary N) is 1. The summed E-state index contributed by atoms with van der Waals surface area (Å²) in [7, 11) is 0. The molecule has 0 spiro atoms. The van der Waals surface area contributed by atoms with Crippen LogP contribution >= 0.6 is 0 Å². The Morgan fingerprint density at radius 1 is 1.44 bits per heavy atom. The van der Waals surface area contributed by atoms with E-state index < -0.39 is 0 Å². The number of rotatable bonds is 2. The third-order valence-corrected chi connectivity index (χ3v) is 2.36. The normalized spacial score (nSPS) is 31.7. The summed E-state index contributed by atoms with van der Waals surface area (Å²) in [4.78, 5) is 0. The highest BCUT2D eigenvalue weighted by molar-refractivity contribution is 4.97. The second-order valence-corrected chi connectivity index (χ2v) is 3.45. The third kappa shape index (κ3) is 1.10. The van der Waals surface area contributed by atoms with Gasteiger partial charge in [-0.3, -0.25) is 0 Å². The molecule has 0 bridgehead atoms. The zero-order valence-corrected chi connectivity index (χ0v) is 5.56. The van der Waals surface area contributed by atoms with Gasteiger partial charge in [-0.25, -0.2) is 0 Å². The lowest BCUT2D eigenvalue weighted by molar-refractivity contribution is 0.103. The van der Waals surface area contributed by atoms with Crippen LogP contribution in [0.3, 0.4) is 0 Å². The van der Waals surface area contributed by atoms with Gasteiger partial charge in [-0.05, 0) is 38.3 Å². The third-order valence-electron chi connectivity index (χ3n) is 2.36. The molecular weight excluding hydrogens is 114 g/mol. The van der Waals surface area contributed by atoms with Gasteiger partial charge in [-0.1, -0.05) is 0 Å². The molecule has 2 fully saturated rings. The zero-order valence-electron chi connectivity index (χ0n) is 5.56. The van der Waals surface area contributed by atoms with Crippen molar-refractivity contribution in [1.82, 2.24) is 5.32 Å². The largest absolute Gasteiger partial charge is 0.390 e. The SMILES string of the molecule is OC1(CC2CNC2)CC1. The van der Waals surface area contributed by atoms with Gasteiger partial charge in [0.05, 0.1) is 5.60 Å². The molecule has 2 nitrogen and oxygen atoms in total. The quantitative estimate of drug-likeness (QED) is 0.552. The number of hydrogen-bond acceptors (Lipinski definition) is 2. The highest BCUT2D eigenvalue weighted by Gasteiger charge is 2.42. The van der Waals surface area contributed by atoms with E-state index in [1.807, 2.05) is 0 Å². The van der Waals surface area contributed by atoms with Crippen molar-refractivity contribution in [3.63, 3.8) is 0 Å². The van der Waals surface area contributed by atoms with E-state index in [1.54, 1.807) is 0 Å². The molecule has 2 N–H and O–H groups in total. The molecule has 1 heterocycles. The van der Waals surface area contributed by atoms with Crippen LogP contribution in [0.4, 0.5) is 0 Å². The molecule has 9 heavy (non-hydrogen) atoms. The molecule has 0 radical (unpaired) electrons. The molecule has 52 valence electrons. The first-order valence-corrected chi connectivity index (χ1v) is 3.72. The Hall–Kier alpha value is -0.0800. The van der Waals surface area contributed by atoms with E-state index in [2.05, 4.69) is 5.32 Å². The lowest BCUT2D eigenvalue weighted by Gasteiger charge is -2.28. The lowest BCUT2D eigenvalue weighted by atomic mass is 9.95. The van der Waals surface area contributed by atoms with Crippen molar-refractivity contribution < 1.29 is 5.11 Å². The molecule has 2 rings (SSSR count). The first kappa shape index (κ1) is 5.69. The van der Waals surface area contributed by atoms with Crippen molar-refractivity contribution in [2.24, 2.45) is 5.92 Å². The molecule has 1 saturated heterocycles. The summed E-state index contributed by atoms with van der Waals surface area (Å²) in [6.45, 7) is 2.25. The molecule has 0 unspecified atom stereocenters. The maximum atomic E-state index is 9.44. The Morgan fingerprint density at radius 2 is 2.11 bits per heavy atom. The molecule has 1 saturated carbocycles. The molecule has 0 aromatic carbocycles. The molecule has 0 atom stereocenters. The van der Waals surface area contributed by atoms with E-state index in [9.17, 15) is 5.11 Å². The minimum absolute atomic E-state index is 0.216. The average molecular weight is 127 g/mol. The van der Waals surface area contributed by atoms with Gasteiger partial charge in [0.25, 0.3) is 0 Å². The predicted molar refractivity (Wildman–Crippen MR) is 35.2 cm³/mol. The Balaban J connectivity index is 1.76. The molecule has 2 aliphatic rings. The fourth-order valence-corrected chi connectivity index (χ4v) is 1.38. The maximum Gasteiger partial charge on any atom is 0.0653 e. The summed E-state index contributed by atoms with van der Waals surface area (Å²) in [6, 6.07) is 0. The highest BCUT2D eigenvalue weighted by Crippen LogP contribution is 2.41. The molecule has 0 amide bonds. The summed E-state index contributed by atoms with van der Waals surface area (Å²) < 4.78 is 0. The van der Waals surface area contributed by atoms with Crippen LogP contribution in [-0.2, 0) is 0 Å². The second kappa shape index (κ2) is 1.70. The predicted octanol–water partition coefficient (Wildman–Crippen LogP) is 0.121. The van der Waals surface area contributed by atoms with Gasteiger partial charge in [0.15, 0.2) is 0 Å². The van der Waals surface area contributed by atoms with Crippen LogP contribution in [0.5, 0.6) is 0 Å². The lowest BCUT2D eigenvalue weighted by Crippen LogP contribution is -2.43. The van der Waals surface area contributed by atoms with Gasteiger partial charge < -0.3 is 10.4 Å². The van der Waals surface area contributed by atoms with Gasteiger partial charge in [0.2, 0.25) is 0 Å². The second-order valence-electron chi connectivity index (χ2n) is 3.45. The summed E-state index contributed by atoms with van der Waals surface area (Å²) in [6.07, 6.45) is 3.13. The van der Waals surface area contributed by atoms with E-state index in [4.69, 9.17) is 0 Å². The number of hydrogen-bond donors (Lipinski definition) is 2. The summed E-state index contributed by atoms with van der Waals surface area (Å²) in [5, 5.41) is 12.6. The molecule has 0 aromatic rings. The van der Waals surface area contributed by atoms with Crippen molar-refractivity contribution in [1.29, 1.82) is 0 Å². The van der Waals surface area contributed by atoms with Gasteiger partial charge >= 0.3 is 0 Å². The van der Waals surface area contributed by atoms with Gasteiger partial charge in [0.1, 0.15) is 0 Å². The topological polar surface area (TPSA) is 32.3 Å². The van der Waals surface area contributed by atoms with E-state index in [0.717, 1.165) is 38.3 Å². The minimum Gasteiger partial charge on any atom is -0.390 e. The standard InChI is InChI=1S/C7H13NO/c9-7(1-2-7)3-6-4-8-5-6/h6,8-9H,1-5H2. The fraction of sp³-hybridized carbons (Fsp3) is 1.00. The number of aliphatic hydroxyl groups is 1. The first-order valence-electron chi connectivity index (χ1n) is 3.72. The highest BCUT2D eigenvalue weighted by atomic mass is 16.3. The Bertz CT molecular complexity index is 116. The monoisotopic (exact) mass is 127 g/mol. The van der Waals surface area contributed by atoms with Gasteiger partial charge in [-0.2, -0.15) is 0 Å². The van der Waals surface area contributed by atoms with Crippen LogP contribution in [-0.4, -0.2) is 23.8 Å². The first-order chi connectivity index (χ1) is 4.29.